The van der Waals surface area contributed by atoms with E-state index < -0.39 is 15.3 Å². The summed E-state index contributed by atoms with van der Waals surface area (Å²) in [5.74, 6) is 0. The Morgan fingerprint density at radius 2 is 1.17 bits per heavy atom. The molecule has 0 heterocycles. The molecular formula is HAsK2O3. The van der Waals surface area contributed by atoms with E-state index in [1.807, 2.05) is 0 Å². The fourth-order valence-electron chi connectivity index (χ4n) is 0. The molecule has 0 atom stereocenters. The predicted octanol–water partition coefficient (Wildman–Crippen LogP) is -9.14. The summed E-state index contributed by atoms with van der Waals surface area (Å²) in [5.41, 5.74) is 0. The van der Waals surface area contributed by atoms with Gasteiger partial charge in [-0.1, -0.05) is 0 Å². The van der Waals surface area contributed by atoms with Crippen molar-refractivity contribution < 1.29 is 115 Å². The minimum Gasteiger partial charge on any atom is 1.00 e. The van der Waals surface area contributed by atoms with Crippen LogP contribution in [0.5, 0.6) is 0 Å². The summed E-state index contributed by atoms with van der Waals surface area (Å²) in [4.78, 5) is 0. The zero-order valence-corrected chi connectivity index (χ0v) is 12.1. The summed E-state index contributed by atoms with van der Waals surface area (Å²) < 4.78 is 25.8. The molecule has 0 saturated carbocycles. The molecule has 26 valence electrons. The van der Waals surface area contributed by atoms with E-state index in [0.717, 1.165) is 0 Å². The van der Waals surface area contributed by atoms with E-state index >= 15 is 0 Å². The van der Waals surface area contributed by atoms with Crippen molar-refractivity contribution in [2.24, 2.45) is 0 Å². The van der Waals surface area contributed by atoms with Crippen LogP contribution in [0.1, 0.15) is 0 Å². The molecule has 0 aromatic carbocycles. The monoisotopic (exact) mass is 202 g/mol. The molecule has 3 nitrogen and oxygen atoms in total. The molecule has 0 amide bonds. The normalized spacial score (nSPS) is 5.83. The van der Waals surface area contributed by atoms with Crippen molar-refractivity contribution >= 4 is 15.3 Å². The van der Waals surface area contributed by atoms with E-state index in [0.29, 0.717) is 0 Å². The third kappa shape index (κ3) is 25.7. The Balaban J connectivity index is -0.0000000450. The van der Waals surface area contributed by atoms with Gasteiger partial charge in [-0.2, -0.15) is 0 Å². The first-order chi connectivity index (χ1) is 1.73. The van der Waals surface area contributed by atoms with Gasteiger partial charge in [0, 0.05) is 0 Å². The predicted molar refractivity (Wildman–Crippen MR) is 7.84 cm³/mol. The maximum absolute atomic E-state index is 8.58. The Kier molecular flexibility index (Phi) is 30.8. The quantitative estimate of drug-likeness (QED) is 0.366. The van der Waals surface area contributed by atoms with Crippen molar-refractivity contribution in [3.05, 3.63) is 0 Å². The molecule has 0 bridgehead atoms. The fraction of sp³-hybridized carbons (Fsp3) is 0. The van der Waals surface area contributed by atoms with Gasteiger partial charge in [-0.15, -0.1) is 0 Å². The molecule has 0 aliphatic carbocycles. The molecule has 0 rings (SSSR count). The van der Waals surface area contributed by atoms with Crippen molar-refractivity contribution in [1.29, 1.82) is 0 Å². The second-order valence-electron chi connectivity index (χ2n) is 0.250. The van der Waals surface area contributed by atoms with Crippen molar-refractivity contribution in [2.45, 2.75) is 0 Å². The van der Waals surface area contributed by atoms with Crippen LogP contribution >= 0.6 is 0 Å². The van der Waals surface area contributed by atoms with Gasteiger partial charge in [-0.25, -0.2) is 0 Å². The van der Waals surface area contributed by atoms with Crippen LogP contribution < -0.4 is 111 Å². The number of hydrogen-bond donors (Lipinski definition) is 0. The Morgan fingerprint density at radius 1 is 1.17 bits per heavy atom. The van der Waals surface area contributed by atoms with E-state index in [2.05, 4.69) is 0 Å². The number of rotatable bonds is 0. The zero-order chi connectivity index (χ0) is 3.58. The van der Waals surface area contributed by atoms with Gasteiger partial charge in [0.2, 0.25) is 0 Å². The first-order valence-electron chi connectivity index (χ1n) is 0.612. The van der Waals surface area contributed by atoms with Gasteiger partial charge in [0.05, 0.1) is 0 Å². The Labute approximate surface area is 126 Å². The van der Waals surface area contributed by atoms with Crippen LogP contribution in [0.3, 0.4) is 0 Å². The van der Waals surface area contributed by atoms with E-state index in [1.54, 1.807) is 0 Å². The van der Waals surface area contributed by atoms with Gasteiger partial charge in [-0.05, 0) is 0 Å². The van der Waals surface area contributed by atoms with Gasteiger partial charge >= 0.3 is 130 Å². The Hall–Kier alpha value is 3.55. The molecule has 0 spiro atoms. The Bertz CT molecular complexity index is 31.8. The van der Waals surface area contributed by atoms with E-state index in [-0.39, 0.29) is 103 Å². The summed E-state index contributed by atoms with van der Waals surface area (Å²) in [5, 5.41) is 0. The summed E-state index contributed by atoms with van der Waals surface area (Å²) in [6, 6.07) is 0. The van der Waals surface area contributed by atoms with Crippen LogP contribution in [-0.2, 0) is 3.74 Å². The standard InChI is InChI=1S/AsH3O3.2K/c2-1(3)4;;/h1H,(H2,2,3,4);;/q;2*+1/p-2. The van der Waals surface area contributed by atoms with Crippen LogP contribution in [0.4, 0.5) is 0 Å². The van der Waals surface area contributed by atoms with Crippen LogP contribution in [0.2, 0.25) is 0 Å². The van der Waals surface area contributed by atoms with Crippen molar-refractivity contribution in [3.63, 3.8) is 0 Å². The Morgan fingerprint density at radius 3 is 1.17 bits per heavy atom. The minimum atomic E-state index is -4.08. The first-order valence-corrected chi connectivity index (χ1v) is 3.18. The summed E-state index contributed by atoms with van der Waals surface area (Å²) >= 11 is -4.08. The molecule has 0 fully saturated rings. The molecule has 0 N–H and O–H groups in total. The molecule has 0 aromatic heterocycles. The van der Waals surface area contributed by atoms with Gasteiger partial charge in [0.15, 0.2) is 0 Å². The fourth-order valence-corrected chi connectivity index (χ4v) is 0. The molecule has 0 aromatic rings. The van der Waals surface area contributed by atoms with Crippen LogP contribution in [0.25, 0.3) is 0 Å². The minimum absolute atomic E-state index is 0. The van der Waals surface area contributed by atoms with Crippen LogP contribution in [-0.4, -0.2) is 15.3 Å². The molecule has 0 aliphatic heterocycles. The largest absolute Gasteiger partial charge is 1.00 e. The van der Waals surface area contributed by atoms with Crippen molar-refractivity contribution in [2.75, 3.05) is 0 Å². The maximum atomic E-state index is 8.58. The summed E-state index contributed by atoms with van der Waals surface area (Å²) in [7, 11) is 0. The summed E-state index contributed by atoms with van der Waals surface area (Å²) in [6.45, 7) is 0. The molecule has 0 unspecified atom stereocenters. The maximum Gasteiger partial charge on any atom is 1.00 e. The van der Waals surface area contributed by atoms with Crippen molar-refractivity contribution in [3.8, 4) is 0 Å². The first kappa shape index (κ1) is 16.3. The smallest absolute Gasteiger partial charge is 1.00 e. The SMILES string of the molecule is O=[AsH]([O-])[O-].[K+].[K+]. The topological polar surface area (TPSA) is 63.2 Å². The third-order valence-corrected chi connectivity index (χ3v) is 0. The van der Waals surface area contributed by atoms with E-state index in [9.17, 15) is 0 Å². The summed E-state index contributed by atoms with van der Waals surface area (Å²) in [6.07, 6.45) is 0. The molecule has 0 saturated heterocycles. The molecule has 6 heavy (non-hydrogen) atoms. The molecule has 0 radical (unpaired) electrons. The van der Waals surface area contributed by atoms with Gasteiger partial charge in [0.1, 0.15) is 0 Å². The second-order valence-corrected chi connectivity index (χ2v) is 1.30. The van der Waals surface area contributed by atoms with Crippen LogP contribution in [0.15, 0.2) is 0 Å². The van der Waals surface area contributed by atoms with Crippen LogP contribution in [0, 0.1) is 0 Å². The average molecular weight is 202 g/mol. The van der Waals surface area contributed by atoms with Gasteiger partial charge in [0.25, 0.3) is 0 Å². The third-order valence-electron chi connectivity index (χ3n) is 0. The van der Waals surface area contributed by atoms with Crippen molar-refractivity contribution in [1.82, 2.24) is 0 Å². The van der Waals surface area contributed by atoms with E-state index in [1.165, 1.54) is 0 Å². The zero-order valence-electron chi connectivity index (χ0n) is 3.72. The molecule has 0 aliphatic rings. The molecular weight excluding hydrogens is 201 g/mol. The van der Waals surface area contributed by atoms with E-state index in [4.69, 9.17) is 11.9 Å². The number of hydrogen-bond acceptors (Lipinski definition) is 3. The molecule has 6 heteroatoms. The second kappa shape index (κ2) is 11.4. The van der Waals surface area contributed by atoms with Gasteiger partial charge in [-0.3, -0.25) is 0 Å². The average Bonchev–Trinajstić information content (AvgIpc) is 0.811. The van der Waals surface area contributed by atoms with Gasteiger partial charge < -0.3 is 0 Å².